The predicted octanol–water partition coefficient (Wildman–Crippen LogP) is 2.48. The van der Waals surface area contributed by atoms with Gasteiger partial charge in [-0.2, -0.15) is 0 Å². The Hall–Kier alpha value is -3.06. The van der Waals surface area contributed by atoms with Gasteiger partial charge in [-0.15, -0.1) is 17.5 Å². The lowest BCUT2D eigenvalue weighted by molar-refractivity contribution is 0.0793. The van der Waals surface area contributed by atoms with E-state index < -0.39 is 15.9 Å². The molecule has 1 saturated heterocycles. The number of hydrogen-bond donors (Lipinski definition) is 2. The van der Waals surface area contributed by atoms with E-state index in [0.29, 0.717) is 46.6 Å². The number of benzene rings is 2. The highest BCUT2D eigenvalue weighted by atomic mass is 35.5. The van der Waals surface area contributed by atoms with E-state index in [2.05, 4.69) is 15.0 Å². The molecule has 3 aromatic rings. The number of nitrogens with two attached hydrogens (primary N) is 1. The molecule has 2 aromatic carbocycles. The summed E-state index contributed by atoms with van der Waals surface area (Å²) in [4.78, 5) is 15.1. The first kappa shape index (κ1) is 27.5. The summed E-state index contributed by atoms with van der Waals surface area (Å²) in [7, 11) is -0.970. The number of hydrogen-bond acceptors (Lipinski definition) is 7. The first-order chi connectivity index (χ1) is 16.8. The van der Waals surface area contributed by atoms with E-state index in [1.165, 1.54) is 43.1 Å². The van der Waals surface area contributed by atoms with Crippen LogP contribution in [0.25, 0.3) is 22.2 Å². The average molecular weight is 539 g/mol. The van der Waals surface area contributed by atoms with Gasteiger partial charge in [0.15, 0.2) is 0 Å². The maximum absolute atomic E-state index is 14.3. The largest absolute Gasteiger partial charge is 0.496 e. The molecule has 10 nitrogen and oxygen atoms in total. The van der Waals surface area contributed by atoms with Crippen LogP contribution in [0.1, 0.15) is 23.2 Å². The van der Waals surface area contributed by atoms with Crippen molar-refractivity contribution in [2.24, 2.45) is 5.73 Å². The first-order valence-electron chi connectivity index (χ1n) is 11.1. The Labute approximate surface area is 214 Å². The van der Waals surface area contributed by atoms with Crippen molar-refractivity contribution in [3.05, 3.63) is 47.8 Å². The molecule has 0 bridgehead atoms. The maximum Gasteiger partial charge on any atom is 0.253 e. The third-order valence-corrected chi connectivity index (χ3v) is 7.35. The smallest absolute Gasteiger partial charge is 0.253 e. The molecular weight excluding hydrogens is 511 g/mol. The molecule has 0 aliphatic carbocycles. The van der Waals surface area contributed by atoms with Crippen molar-refractivity contribution in [3.8, 4) is 16.9 Å². The zero-order valence-corrected chi connectivity index (χ0v) is 21.5. The summed E-state index contributed by atoms with van der Waals surface area (Å²) in [5.74, 6) is -0.276. The van der Waals surface area contributed by atoms with E-state index in [1.807, 2.05) is 0 Å². The third-order valence-electron chi connectivity index (χ3n) is 5.94. The van der Waals surface area contributed by atoms with Crippen LogP contribution in [-0.2, 0) is 16.6 Å². The Morgan fingerprint density at radius 1 is 1.22 bits per heavy atom. The number of methoxy groups -OCH3 is 1. The minimum Gasteiger partial charge on any atom is -0.496 e. The van der Waals surface area contributed by atoms with Gasteiger partial charge in [-0.3, -0.25) is 4.79 Å². The lowest BCUT2D eigenvalue weighted by atomic mass is 9.99. The standard InChI is InChI=1S/C23H27FN6O4S.ClH/c1-26-35(32,33)17-5-6-21(34-2)18(13-17)19-11-15(23(31)29-9-3-4-10-29)12-20-22(19)27-28-30(20)14-16(24)7-8-25;/h5-7,11-13,26H,3-4,8-10,14,25H2,1-2H3;1H/b16-7-;. The summed E-state index contributed by atoms with van der Waals surface area (Å²) in [6.07, 6.45) is 3.09. The number of carbonyl (C=O) groups is 1. The topological polar surface area (TPSA) is 132 Å². The molecule has 0 spiro atoms. The van der Waals surface area contributed by atoms with Crippen molar-refractivity contribution >= 4 is 39.4 Å². The molecule has 194 valence electrons. The molecule has 1 aliphatic rings. The summed E-state index contributed by atoms with van der Waals surface area (Å²) in [6.45, 7) is 1.12. The minimum absolute atomic E-state index is 0. The molecule has 1 aromatic heterocycles. The Morgan fingerprint density at radius 3 is 2.58 bits per heavy atom. The number of amides is 1. The van der Waals surface area contributed by atoms with E-state index in [-0.39, 0.29) is 36.3 Å². The number of likely N-dealkylation sites (tertiary alicyclic amines) is 1. The zero-order valence-electron chi connectivity index (χ0n) is 19.9. The number of aromatic nitrogens is 3. The first-order valence-corrected chi connectivity index (χ1v) is 12.6. The van der Waals surface area contributed by atoms with Crippen molar-refractivity contribution in [1.82, 2.24) is 24.6 Å². The van der Waals surface area contributed by atoms with E-state index in [1.54, 1.807) is 17.0 Å². The summed E-state index contributed by atoms with van der Waals surface area (Å²) in [5, 5.41) is 8.33. The Kier molecular flexibility index (Phi) is 8.67. The SMILES string of the molecule is CNS(=O)(=O)c1ccc(OC)c(-c2cc(C(=O)N3CCCC3)cc3c2nnn3C/C(F)=C/CN)c1.Cl. The number of nitrogens with zero attached hydrogens (tertiary/aromatic N) is 4. The van der Waals surface area contributed by atoms with Crippen LogP contribution in [0.5, 0.6) is 5.75 Å². The van der Waals surface area contributed by atoms with Crippen LogP contribution in [0.15, 0.2) is 47.1 Å². The van der Waals surface area contributed by atoms with Gasteiger partial charge in [0.25, 0.3) is 5.91 Å². The number of sulfonamides is 1. The fourth-order valence-corrected chi connectivity index (χ4v) is 4.89. The maximum atomic E-state index is 14.3. The molecule has 0 saturated carbocycles. The average Bonchev–Trinajstić information content (AvgIpc) is 3.53. The van der Waals surface area contributed by atoms with Crippen LogP contribution in [0.3, 0.4) is 0 Å². The Morgan fingerprint density at radius 2 is 1.94 bits per heavy atom. The van der Waals surface area contributed by atoms with Gasteiger partial charge < -0.3 is 15.4 Å². The second kappa shape index (κ2) is 11.3. The molecule has 0 atom stereocenters. The van der Waals surface area contributed by atoms with Gasteiger partial charge in [-0.05, 0) is 56.3 Å². The fourth-order valence-electron chi connectivity index (χ4n) is 4.13. The van der Waals surface area contributed by atoms with Gasteiger partial charge in [0.05, 0.1) is 24.1 Å². The second-order valence-electron chi connectivity index (χ2n) is 8.09. The number of fused-ring (bicyclic) bond motifs is 1. The van der Waals surface area contributed by atoms with Crippen molar-refractivity contribution in [1.29, 1.82) is 0 Å². The fraction of sp³-hybridized carbons (Fsp3) is 0.348. The van der Waals surface area contributed by atoms with Crippen molar-refractivity contribution in [2.75, 3.05) is 33.8 Å². The number of allylic oxidation sites excluding steroid dienone is 1. The number of halogens is 2. The highest BCUT2D eigenvalue weighted by Gasteiger charge is 2.25. The van der Waals surface area contributed by atoms with E-state index >= 15 is 0 Å². The number of nitrogens with one attached hydrogen (secondary N) is 1. The van der Waals surface area contributed by atoms with Crippen LogP contribution >= 0.6 is 12.4 Å². The molecule has 0 unspecified atom stereocenters. The quantitative estimate of drug-likeness (QED) is 0.450. The highest BCUT2D eigenvalue weighted by Crippen LogP contribution is 2.37. The van der Waals surface area contributed by atoms with Crippen LogP contribution < -0.4 is 15.2 Å². The van der Waals surface area contributed by atoms with Gasteiger partial charge in [-0.1, -0.05) is 5.21 Å². The molecular formula is C23H28ClFN6O4S. The lowest BCUT2D eigenvalue weighted by Crippen LogP contribution is -2.27. The van der Waals surface area contributed by atoms with Crippen LogP contribution in [0.4, 0.5) is 4.39 Å². The summed E-state index contributed by atoms with van der Waals surface area (Å²) < 4.78 is 48.4. The molecule has 0 radical (unpaired) electrons. The Bertz CT molecular complexity index is 1400. The molecule has 1 fully saturated rings. The summed E-state index contributed by atoms with van der Waals surface area (Å²) in [6, 6.07) is 7.71. The summed E-state index contributed by atoms with van der Waals surface area (Å²) >= 11 is 0. The molecule has 2 heterocycles. The van der Waals surface area contributed by atoms with Gasteiger partial charge in [0.1, 0.15) is 17.1 Å². The van der Waals surface area contributed by atoms with Gasteiger partial charge >= 0.3 is 0 Å². The molecule has 36 heavy (non-hydrogen) atoms. The van der Waals surface area contributed by atoms with Gasteiger partial charge in [0, 0.05) is 36.3 Å². The van der Waals surface area contributed by atoms with Gasteiger partial charge in [-0.25, -0.2) is 22.2 Å². The molecule has 1 aliphatic heterocycles. The number of carbonyl (C=O) groups excluding carboxylic acids is 1. The third kappa shape index (κ3) is 5.36. The zero-order chi connectivity index (χ0) is 25.2. The lowest BCUT2D eigenvalue weighted by Gasteiger charge is -2.17. The van der Waals surface area contributed by atoms with Crippen molar-refractivity contribution in [2.45, 2.75) is 24.3 Å². The van der Waals surface area contributed by atoms with E-state index in [4.69, 9.17) is 10.5 Å². The van der Waals surface area contributed by atoms with E-state index in [9.17, 15) is 17.6 Å². The highest BCUT2D eigenvalue weighted by molar-refractivity contribution is 7.89. The molecule has 1 amide bonds. The Balaban J connectivity index is 0.00000361. The van der Waals surface area contributed by atoms with Gasteiger partial charge in [0.2, 0.25) is 10.0 Å². The normalized spacial score (nSPS) is 14.2. The van der Waals surface area contributed by atoms with Crippen LogP contribution in [0, 0.1) is 0 Å². The molecule has 4 rings (SSSR count). The number of ether oxygens (including phenoxy) is 1. The summed E-state index contributed by atoms with van der Waals surface area (Å²) in [5.41, 5.74) is 7.45. The van der Waals surface area contributed by atoms with Crippen LogP contribution in [0.2, 0.25) is 0 Å². The molecule has 3 N–H and O–H groups in total. The minimum atomic E-state index is -3.75. The van der Waals surface area contributed by atoms with Crippen molar-refractivity contribution < 1.29 is 22.3 Å². The second-order valence-corrected chi connectivity index (χ2v) is 9.98. The van der Waals surface area contributed by atoms with E-state index in [0.717, 1.165) is 12.8 Å². The number of rotatable bonds is 8. The van der Waals surface area contributed by atoms with Crippen LogP contribution in [-0.4, -0.2) is 68.0 Å². The van der Waals surface area contributed by atoms with Crippen molar-refractivity contribution in [3.63, 3.8) is 0 Å². The molecule has 13 heteroatoms. The monoisotopic (exact) mass is 538 g/mol. The predicted molar refractivity (Wildman–Crippen MR) is 136 cm³/mol.